The van der Waals surface area contributed by atoms with E-state index in [0.717, 1.165) is 0 Å². The Bertz CT molecular complexity index is 269. The summed E-state index contributed by atoms with van der Waals surface area (Å²) in [4.78, 5) is 18.8. The molecule has 5 heteroatoms. The first-order valence-electron chi connectivity index (χ1n) is 2.94. The molecule has 1 N–H and O–H groups in total. The summed E-state index contributed by atoms with van der Waals surface area (Å²) in [6.07, 6.45) is 4.39. The fraction of sp³-hybridized carbons (Fsp3) is 0.167. The third-order valence-electron chi connectivity index (χ3n) is 1.43. The van der Waals surface area contributed by atoms with Crippen LogP contribution in [0.5, 0.6) is 0 Å². The lowest BCUT2D eigenvalue weighted by Gasteiger charge is -2.11. The highest BCUT2D eigenvalue weighted by Crippen LogP contribution is 2.14. The molecular formula is C6H6ClN3O. The number of hydrogen-bond acceptors (Lipinski definition) is 3. The minimum atomic E-state index is -0.270. The van der Waals surface area contributed by atoms with E-state index in [4.69, 9.17) is 0 Å². The summed E-state index contributed by atoms with van der Waals surface area (Å²) >= 11 is 0. The van der Waals surface area contributed by atoms with Crippen molar-refractivity contribution < 1.29 is 4.79 Å². The molecule has 2 aliphatic rings. The van der Waals surface area contributed by atoms with E-state index < -0.39 is 0 Å². The fourth-order valence-corrected chi connectivity index (χ4v) is 0.933. The van der Waals surface area contributed by atoms with Gasteiger partial charge in [-0.15, -0.1) is 12.4 Å². The average Bonchev–Trinajstić information content (AvgIpc) is 2.36. The minimum Gasteiger partial charge on any atom is -0.313 e. The fourth-order valence-electron chi connectivity index (χ4n) is 0.933. The van der Waals surface area contributed by atoms with Crippen LogP contribution in [0.1, 0.15) is 0 Å². The van der Waals surface area contributed by atoms with Gasteiger partial charge in [0.1, 0.15) is 0 Å². The van der Waals surface area contributed by atoms with Crippen molar-refractivity contribution in [3.8, 4) is 0 Å². The Hall–Kier alpha value is -1.16. The quantitative estimate of drug-likeness (QED) is 0.544. The van der Waals surface area contributed by atoms with Gasteiger partial charge in [0.15, 0.2) is 6.17 Å². The van der Waals surface area contributed by atoms with Crippen LogP contribution in [0, 0.1) is 0 Å². The highest BCUT2D eigenvalue weighted by atomic mass is 35.5. The number of rotatable bonds is 0. The molecule has 0 saturated heterocycles. The van der Waals surface area contributed by atoms with Crippen molar-refractivity contribution in [2.45, 2.75) is 6.17 Å². The summed E-state index contributed by atoms with van der Waals surface area (Å²) in [7, 11) is 0. The predicted octanol–water partition coefficient (Wildman–Crippen LogP) is -0.0968. The smallest absolute Gasteiger partial charge is 0.256 e. The number of halogens is 1. The Labute approximate surface area is 69.5 Å². The Morgan fingerprint density at radius 2 is 2.27 bits per heavy atom. The number of fused-ring (bicyclic) bond motifs is 1. The van der Waals surface area contributed by atoms with Crippen LogP contribution < -0.4 is 5.32 Å². The Balaban J connectivity index is 0.000000605. The molecule has 0 aromatic carbocycles. The standard InChI is InChI=1S/C6H5N3O.ClH/c10-6-4-1-2-7-5(4)8-3-9-6;/h1-3,5H,(H,8,9,10);1H. The van der Waals surface area contributed by atoms with Gasteiger partial charge in [0, 0.05) is 6.21 Å². The minimum absolute atomic E-state index is 0. The van der Waals surface area contributed by atoms with Crippen LogP contribution in [0.2, 0.25) is 0 Å². The van der Waals surface area contributed by atoms with Gasteiger partial charge in [0.05, 0.1) is 11.9 Å². The van der Waals surface area contributed by atoms with E-state index in [9.17, 15) is 4.79 Å². The number of nitrogens with zero attached hydrogens (tertiary/aromatic N) is 2. The van der Waals surface area contributed by atoms with E-state index in [2.05, 4.69) is 15.3 Å². The maximum atomic E-state index is 10.9. The first kappa shape index (κ1) is 7.94. The van der Waals surface area contributed by atoms with Gasteiger partial charge in [0.25, 0.3) is 5.91 Å². The number of carbonyl (C=O) groups excluding carboxylic acids is 1. The second-order valence-electron chi connectivity index (χ2n) is 2.05. The van der Waals surface area contributed by atoms with Crippen LogP contribution in [0.3, 0.4) is 0 Å². The van der Waals surface area contributed by atoms with Crippen molar-refractivity contribution >= 4 is 30.9 Å². The number of carbonyl (C=O) groups is 1. The molecule has 2 rings (SSSR count). The maximum Gasteiger partial charge on any atom is 0.256 e. The molecule has 1 amide bonds. The van der Waals surface area contributed by atoms with Crippen molar-refractivity contribution in [2.24, 2.45) is 9.98 Å². The third kappa shape index (κ3) is 1.17. The number of allylic oxidation sites excluding steroid dienone is 1. The molecule has 0 aromatic rings. The Kier molecular flexibility index (Phi) is 2.05. The first-order chi connectivity index (χ1) is 4.88. The molecule has 0 aromatic heterocycles. The lowest BCUT2D eigenvalue weighted by atomic mass is 10.2. The molecule has 4 nitrogen and oxygen atoms in total. The molecule has 0 radical (unpaired) electrons. The topological polar surface area (TPSA) is 53.8 Å². The summed E-state index contributed by atoms with van der Waals surface area (Å²) in [5.41, 5.74) is 0.627. The van der Waals surface area contributed by atoms with Gasteiger partial charge in [-0.25, -0.2) is 4.99 Å². The molecule has 2 heterocycles. The monoisotopic (exact) mass is 171 g/mol. The van der Waals surface area contributed by atoms with Gasteiger partial charge < -0.3 is 5.32 Å². The van der Waals surface area contributed by atoms with E-state index in [1.54, 1.807) is 12.3 Å². The molecular weight excluding hydrogens is 166 g/mol. The summed E-state index contributed by atoms with van der Waals surface area (Å²) < 4.78 is 0. The maximum absolute atomic E-state index is 10.9. The van der Waals surface area contributed by atoms with Crippen molar-refractivity contribution in [3.63, 3.8) is 0 Å². The molecule has 0 fully saturated rings. The van der Waals surface area contributed by atoms with Gasteiger partial charge in [-0.2, -0.15) is 0 Å². The normalized spacial score (nSPS) is 25.3. The lowest BCUT2D eigenvalue weighted by molar-refractivity contribution is -0.116. The van der Waals surface area contributed by atoms with Crippen LogP contribution in [0.15, 0.2) is 21.6 Å². The highest BCUT2D eigenvalue weighted by molar-refractivity contribution is 6.06. The molecule has 2 aliphatic heterocycles. The molecule has 0 spiro atoms. The van der Waals surface area contributed by atoms with Crippen molar-refractivity contribution in [1.82, 2.24) is 5.32 Å². The number of amides is 1. The lowest BCUT2D eigenvalue weighted by Crippen LogP contribution is -2.32. The summed E-state index contributed by atoms with van der Waals surface area (Å²) in [6.45, 7) is 0. The van der Waals surface area contributed by atoms with Gasteiger partial charge >= 0.3 is 0 Å². The second kappa shape index (κ2) is 2.84. The zero-order chi connectivity index (χ0) is 6.97. The molecule has 0 aliphatic carbocycles. The highest BCUT2D eigenvalue weighted by Gasteiger charge is 2.23. The van der Waals surface area contributed by atoms with Crippen LogP contribution in [0.25, 0.3) is 0 Å². The van der Waals surface area contributed by atoms with Gasteiger partial charge in [0.2, 0.25) is 0 Å². The van der Waals surface area contributed by atoms with Crippen molar-refractivity contribution in [2.75, 3.05) is 0 Å². The first-order valence-corrected chi connectivity index (χ1v) is 2.94. The van der Waals surface area contributed by atoms with E-state index >= 15 is 0 Å². The van der Waals surface area contributed by atoms with Crippen LogP contribution in [-0.4, -0.2) is 24.6 Å². The number of hydrogen-bond donors (Lipinski definition) is 1. The SMILES string of the molecule is Cl.O=C1NC=NC2N=CC=C12. The molecule has 1 atom stereocenters. The van der Waals surface area contributed by atoms with E-state index in [0.29, 0.717) is 5.57 Å². The van der Waals surface area contributed by atoms with Gasteiger partial charge in [-0.1, -0.05) is 0 Å². The summed E-state index contributed by atoms with van der Waals surface area (Å²) in [5.74, 6) is -0.0995. The zero-order valence-electron chi connectivity index (χ0n) is 5.52. The van der Waals surface area contributed by atoms with E-state index in [1.165, 1.54) is 6.34 Å². The Morgan fingerprint density at radius 1 is 1.45 bits per heavy atom. The molecule has 1 unspecified atom stereocenters. The second-order valence-corrected chi connectivity index (χ2v) is 2.05. The summed E-state index contributed by atoms with van der Waals surface area (Å²) in [6, 6.07) is 0. The largest absolute Gasteiger partial charge is 0.313 e. The van der Waals surface area contributed by atoms with Crippen LogP contribution >= 0.6 is 12.4 Å². The van der Waals surface area contributed by atoms with E-state index in [-0.39, 0.29) is 24.5 Å². The Morgan fingerprint density at radius 3 is 3.00 bits per heavy atom. The molecule has 58 valence electrons. The molecule has 0 saturated carbocycles. The predicted molar refractivity (Wildman–Crippen MR) is 44.2 cm³/mol. The van der Waals surface area contributed by atoms with Crippen molar-refractivity contribution in [1.29, 1.82) is 0 Å². The summed E-state index contributed by atoms with van der Waals surface area (Å²) in [5, 5.41) is 2.47. The average molecular weight is 172 g/mol. The molecule has 11 heavy (non-hydrogen) atoms. The van der Waals surface area contributed by atoms with E-state index in [1.807, 2.05) is 0 Å². The van der Waals surface area contributed by atoms with Gasteiger partial charge in [-0.05, 0) is 6.08 Å². The number of aliphatic imine (C=N–C) groups is 2. The van der Waals surface area contributed by atoms with Crippen LogP contribution in [-0.2, 0) is 4.79 Å². The van der Waals surface area contributed by atoms with Crippen LogP contribution in [0.4, 0.5) is 0 Å². The third-order valence-corrected chi connectivity index (χ3v) is 1.43. The van der Waals surface area contributed by atoms with Crippen molar-refractivity contribution in [3.05, 3.63) is 11.6 Å². The van der Waals surface area contributed by atoms with Gasteiger partial charge in [-0.3, -0.25) is 9.79 Å². The zero-order valence-corrected chi connectivity index (χ0v) is 6.34. The number of nitrogens with one attached hydrogen (secondary N) is 1. The molecule has 0 bridgehead atoms.